The zero-order chi connectivity index (χ0) is 35.0. The lowest BCUT2D eigenvalue weighted by molar-refractivity contribution is -0.136. The molecule has 3 aliphatic heterocycles. The van der Waals surface area contributed by atoms with Gasteiger partial charge >= 0.3 is 0 Å². The molecule has 1 unspecified atom stereocenters. The SMILES string of the molecule is CS(=O)(=O)c1ccc2cc(C#N)ccc2c1Oc1ccc(OCCN2CCN(c3ccc4c(c3)CN(C3CCC(=O)NC3=O)C4=O)CC2)cc1. The Kier molecular flexibility index (Phi) is 8.90. The van der Waals surface area contributed by atoms with Gasteiger partial charge in [0.1, 0.15) is 29.0 Å². The van der Waals surface area contributed by atoms with Crippen molar-refractivity contribution in [2.45, 2.75) is 30.3 Å². The summed E-state index contributed by atoms with van der Waals surface area (Å²) in [6.45, 7) is 4.91. The summed E-state index contributed by atoms with van der Waals surface area (Å²) >= 11 is 0. The minimum absolute atomic E-state index is 0.0674. The highest BCUT2D eigenvalue weighted by atomic mass is 32.2. The van der Waals surface area contributed by atoms with E-state index in [2.05, 4.69) is 21.2 Å². The average molecular weight is 694 g/mol. The number of ether oxygens (including phenoxy) is 2. The number of carbonyl (C=O) groups excluding carboxylic acids is 3. The van der Waals surface area contributed by atoms with Gasteiger partial charge in [0.2, 0.25) is 11.8 Å². The molecule has 12 nitrogen and oxygen atoms in total. The van der Waals surface area contributed by atoms with Gasteiger partial charge in [-0.1, -0.05) is 6.07 Å². The summed E-state index contributed by atoms with van der Waals surface area (Å²) in [6, 6.07) is 22.5. The molecule has 0 radical (unpaired) electrons. The summed E-state index contributed by atoms with van der Waals surface area (Å²) in [6.07, 6.45) is 1.71. The van der Waals surface area contributed by atoms with Crippen LogP contribution in [0, 0.1) is 11.3 Å². The fourth-order valence-electron chi connectivity index (χ4n) is 6.75. The molecule has 0 saturated carbocycles. The fourth-order valence-corrected chi connectivity index (χ4v) is 7.55. The molecule has 3 heterocycles. The van der Waals surface area contributed by atoms with E-state index in [1.165, 1.54) is 6.07 Å². The molecule has 2 fully saturated rings. The van der Waals surface area contributed by atoms with Crippen molar-refractivity contribution in [3.8, 4) is 23.3 Å². The van der Waals surface area contributed by atoms with Gasteiger partial charge < -0.3 is 19.3 Å². The molecule has 4 aromatic carbocycles. The lowest BCUT2D eigenvalue weighted by Gasteiger charge is -2.36. The van der Waals surface area contributed by atoms with E-state index < -0.39 is 21.8 Å². The largest absolute Gasteiger partial charge is 0.492 e. The third kappa shape index (κ3) is 6.72. The average Bonchev–Trinajstić information content (AvgIpc) is 3.43. The lowest BCUT2D eigenvalue weighted by Crippen LogP contribution is -2.52. The van der Waals surface area contributed by atoms with Crippen molar-refractivity contribution in [2.24, 2.45) is 0 Å². The summed E-state index contributed by atoms with van der Waals surface area (Å²) in [5.41, 5.74) is 3.01. The molecule has 0 spiro atoms. The van der Waals surface area contributed by atoms with Gasteiger partial charge in [0.05, 0.1) is 11.6 Å². The molecule has 0 aromatic heterocycles. The Bertz CT molecular complexity index is 2160. The number of rotatable bonds is 9. The maximum atomic E-state index is 13.0. The number of piperidine rings is 1. The molecular weight excluding hydrogens is 659 g/mol. The van der Waals surface area contributed by atoms with E-state index in [-0.39, 0.29) is 28.9 Å². The number of imide groups is 1. The number of fused-ring (bicyclic) bond motifs is 2. The van der Waals surface area contributed by atoms with E-state index in [0.717, 1.165) is 50.2 Å². The number of anilines is 1. The molecule has 13 heteroatoms. The highest BCUT2D eigenvalue weighted by molar-refractivity contribution is 7.90. The van der Waals surface area contributed by atoms with Gasteiger partial charge in [-0.25, -0.2) is 8.42 Å². The predicted molar refractivity (Wildman–Crippen MR) is 185 cm³/mol. The summed E-state index contributed by atoms with van der Waals surface area (Å²) in [4.78, 5) is 43.3. The Balaban J connectivity index is 0.913. The van der Waals surface area contributed by atoms with Crippen molar-refractivity contribution in [1.29, 1.82) is 5.26 Å². The summed E-state index contributed by atoms with van der Waals surface area (Å²) in [7, 11) is -3.58. The topological polar surface area (TPSA) is 149 Å². The number of piperazine rings is 1. The number of hydrogen-bond acceptors (Lipinski definition) is 10. The minimum atomic E-state index is -3.58. The maximum absolute atomic E-state index is 13.0. The number of nitrogens with zero attached hydrogens (tertiary/aromatic N) is 4. The number of nitriles is 1. The highest BCUT2D eigenvalue weighted by Gasteiger charge is 2.39. The van der Waals surface area contributed by atoms with Gasteiger partial charge in [-0.15, -0.1) is 0 Å². The molecule has 1 atom stereocenters. The fraction of sp³-hybridized carbons (Fsp3) is 0.297. The smallest absolute Gasteiger partial charge is 0.255 e. The Labute approximate surface area is 289 Å². The van der Waals surface area contributed by atoms with Crippen LogP contribution in [-0.2, 0) is 26.0 Å². The first-order valence-corrected chi connectivity index (χ1v) is 18.3. The van der Waals surface area contributed by atoms with Crippen LogP contribution in [0.25, 0.3) is 10.8 Å². The molecule has 7 rings (SSSR count). The van der Waals surface area contributed by atoms with Gasteiger partial charge in [-0.2, -0.15) is 5.26 Å². The van der Waals surface area contributed by atoms with Crippen molar-refractivity contribution in [2.75, 3.05) is 50.5 Å². The molecule has 50 heavy (non-hydrogen) atoms. The number of carbonyl (C=O) groups is 3. The van der Waals surface area contributed by atoms with Crippen LogP contribution in [0.1, 0.15) is 34.3 Å². The maximum Gasteiger partial charge on any atom is 0.255 e. The molecule has 0 bridgehead atoms. The van der Waals surface area contributed by atoms with E-state index in [9.17, 15) is 28.1 Å². The van der Waals surface area contributed by atoms with Gasteiger partial charge in [-0.3, -0.25) is 24.6 Å². The van der Waals surface area contributed by atoms with Crippen molar-refractivity contribution in [1.82, 2.24) is 15.1 Å². The van der Waals surface area contributed by atoms with Gasteiger partial charge in [0.25, 0.3) is 5.91 Å². The van der Waals surface area contributed by atoms with Crippen molar-refractivity contribution >= 4 is 44.0 Å². The Hall–Kier alpha value is -5.45. The number of nitrogens with one attached hydrogen (secondary N) is 1. The van der Waals surface area contributed by atoms with Crippen LogP contribution in [0.3, 0.4) is 0 Å². The summed E-state index contributed by atoms with van der Waals surface area (Å²) < 4.78 is 37.2. The molecule has 4 aromatic rings. The van der Waals surface area contributed by atoms with E-state index in [4.69, 9.17) is 9.47 Å². The lowest BCUT2D eigenvalue weighted by atomic mass is 10.0. The quantitative estimate of drug-likeness (QED) is 0.256. The number of amides is 3. The Morgan fingerprint density at radius 1 is 0.920 bits per heavy atom. The number of hydrogen-bond donors (Lipinski definition) is 1. The van der Waals surface area contributed by atoms with Crippen LogP contribution in [-0.4, -0.2) is 87.6 Å². The second-order valence-electron chi connectivity index (χ2n) is 12.7. The van der Waals surface area contributed by atoms with E-state index in [0.29, 0.717) is 53.0 Å². The molecule has 256 valence electrons. The molecule has 0 aliphatic carbocycles. The van der Waals surface area contributed by atoms with E-state index >= 15 is 0 Å². The molecule has 3 aliphatic rings. The van der Waals surface area contributed by atoms with Crippen LogP contribution < -0.4 is 19.7 Å². The first-order chi connectivity index (χ1) is 24.1. The van der Waals surface area contributed by atoms with Crippen LogP contribution in [0.4, 0.5) is 5.69 Å². The van der Waals surface area contributed by atoms with Crippen molar-refractivity contribution < 1.29 is 32.3 Å². The number of sulfone groups is 1. The van der Waals surface area contributed by atoms with Crippen molar-refractivity contribution in [3.05, 3.63) is 89.5 Å². The number of benzene rings is 4. The van der Waals surface area contributed by atoms with E-state index in [1.54, 1.807) is 53.4 Å². The normalized spacial score (nSPS) is 18.2. The van der Waals surface area contributed by atoms with Crippen LogP contribution >= 0.6 is 0 Å². The molecule has 1 N–H and O–H groups in total. The first-order valence-electron chi connectivity index (χ1n) is 16.4. The molecule has 3 amide bonds. The minimum Gasteiger partial charge on any atom is -0.492 e. The van der Waals surface area contributed by atoms with Gasteiger partial charge in [0.15, 0.2) is 15.6 Å². The Morgan fingerprint density at radius 2 is 1.68 bits per heavy atom. The molecular formula is C37H35N5O7S. The summed E-state index contributed by atoms with van der Waals surface area (Å²) in [5.74, 6) is 0.449. The zero-order valence-corrected chi connectivity index (χ0v) is 28.2. The van der Waals surface area contributed by atoms with Crippen LogP contribution in [0.15, 0.2) is 77.7 Å². The third-order valence-electron chi connectivity index (χ3n) is 9.43. The second kappa shape index (κ2) is 13.5. The van der Waals surface area contributed by atoms with Gasteiger partial charge in [-0.05, 0) is 84.1 Å². The second-order valence-corrected chi connectivity index (χ2v) is 14.7. The van der Waals surface area contributed by atoms with E-state index in [1.807, 2.05) is 18.2 Å². The Morgan fingerprint density at radius 3 is 2.40 bits per heavy atom. The van der Waals surface area contributed by atoms with Crippen LogP contribution in [0.5, 0.6) is 17.2 Å². The van der Waals surface area contributed by atoms with Crippen LogP contribution in [0.2, 0.25) is 0 Å². The highest BCUT2D eigenvalue weighted by Crippen LogP contribution is 2.37. The van der Waals surface area contributed by atoms with Crippen molar-refractivity contribution in [3.63, 3.8) is 0 Å². The predicted octanol–water partition coefficient (Wildman–Crippen LogP) is 3.87. The monoisotopic (exact) mass is 693 g/mol. The first kappa shape index (κ1) is 33.1. The zero-order valence-electron chi connectivity index (χ0n) is 27.4. The standard InChI is InChI=1S/C37H35N5O7S/c1-50(46,47)33-12-3-25-20-24(22-38)2-9-30(25)35(33)49-29-7-5-28(6-8-29)48-19-18-40-14-16-41(17-15-40)27-4-10-31-26(21-27)23-42(37(31)45)32-11-13-34(43)39-36(32)44/h2-10,12,20-21,32H,11,13-19,23H2,1H3,(H,39,43,44). The third-order valence-corrected chi connectivity index (χ3v) is 10.5. The van der Waals surface area contributed by atoms with Gasteiger partial charge in [0, 0.05) is 68.6 Å². The summed E-state index contributed by atoms with van der Waals surface area (Å²) in [5, 5.41) is 12.9. The molecule has 2 saturated heterocycles.